The molecule has 0 fully saturated rings. The van der Waals surface area contributed by atoms with Crippen LogP contribution >= 0.6 is 11.6 Å². The summed E-state index contributed by atoms with van der Waals surface area (Å²) in [7, 11) is 1.50. The van der Waals surface area contributed by atoms with Crippen LogP contribution in [0.5, 0.6) is 0 Å². The largest absolute Gasteiger partial charge is 0.370 e. The molecule has 0 spiro atoms. The predicted octanol–water partition coefficient (Wildman–Crippen LogP) is 1.03. The third-order valence-corrected chi connectivity index (χ3v) is 2.65. The second kappa shape index (κ2) is 7.58. The lowest BCUT2D eigenvalue weighted by atomic mass is 10.2. The number of anilines is 1. The second-order valence-corrected chi connectivity index (χ2v) is 4.24. The smallest absolute Gasteiger partial charge is 0.253 e. The minimum Gasteiger partial charge on any atom is -0.370 e. The molecule has 1 heterocycles. The van der Waals surface area contributed by atoms with Crippen molar-refractivity contribution in [2.24, 2.45) is 0 Å². The highest BCUT2D eigenvalue weighted by atomic mass is 35.5. The number of aromatic nitrogens is 1. The molecule has 1 aromatic rings. The molecule has 1 aromatic heterocycles. The summed E-state index contributed by atoms with van der Waals surface area (Å²) < 4.78 is 0. The third-order valence-electron chi connectivity index (χ3n) is 2.34. The summed E-state index contributed by atoms with van der Waals surface area (Å²) in [5, 5.41) is 8.21. The van der Waals surface area contributed by atoms with Crippen molar-refractivity contribution >= 4 is 29.2 Å². The van der Waals surface area contributed by atoms with E-state index in [9.17, 15) is 9.59 Å². The normalized spacial score (nSPS) is 9.84. The van der Waals surface area contributed by atoms with Crippen LogP contribution in [0.15, 0.2) is 12.3 Å². The standard InChI is InChI=1S/C12H17ClN4O2/c1-3-4-15-10-5-8(9(13)6-16-10)12(19)17-7-11(18)14-2/h5-6H,3-4,7H2,1-2H3,(H,14,18)(H,15,16)(H,17,19). The summed E-state index contributed by atoms with van der Waals surface area (Å²) >= 11 is 5.92. The van der Waals surface area contributed by atoms with Gasteiger partial charge in [-0.2, -0.15) is 0 Å². The van der Waals surface area contributed by atoms with Crippen molar-refractivity contribution in [3.8, 4) is 0 Å². The first-order valence-electron chi connectivity index (χ1n) is 5.96. The van der Waals surface area contributed by atoms with Crippen LogP contribution in [0.1, 0.15) is 23.7 Å². The van der Waals surface area contributed by atoms with Gasteiger partial charge in [0.2, 0.25) is 5.91 Å². The van der Waals surface area contributed by atoms with E-state index < -0.39 is 5.91 Å². The Morgan fingerprint density at radius 2 is 2.16 bits per heavy atom. The molecule has 3 N–H and O–H groups in total. The van der Waals surface area contributed by atoms with Gasteiger partial charge in [-0.25, -0.2) is 4.98 Å². The summed E-state index contributed by atoms with van der Waals surface area (Å²) in [5.41, 5.74) is 0.291. The number of rotatable bonds is 6. The average molecular weight is 285 g/mol. The lowest BCUT2D eigenvalue weighted by molar-refractivity contribution is -0.119. The molecule has 19 heavy (non-hydrogen) atoms. The molecular weight excluding hydrogens is 268 g/mol. The molecular formula is C12H17ClN4O2. The van der Waals surface area contributed by atoms with Crippen molar-refractivity contribution in [3.05, 3.63) is 22.8 Å². The number of carbonyl (C=O) groups is 2. The lowest BCUT2D eigenvalue weighted by Gasteiger charge is -2.09. The Kier molecular flexibility index (Phi) is 6.08. The summed E-state index contributed by atoms with van der Waals surface area (Å²) in [5.74, 6) is -0.102. The molecule has 1 rings (SSSR count). The molecule has 7 heteroatoms. The summed E-state index contributed by atoms with van der Waals surface area (Å²) in [6, 6.07) is 1.57. The van der Waals surface area contributed by atoms with Crippen molar-refractivity contribution in [2.45, 2.75) is 13.3 Å². The van der Waals surface area contributed by atoms with Crippen LogP contribution in [0.2, 0.25) is 5.02 Å². The molecule has 0 atom stereocenters. The number of hydrogen-bond acceptors (Lipinski definition) is 4. The van der Waals surface area contributed by atoms with E-state index in [1.165, 1.54) is 13.2 Å². The van der Waals surface area contributed by atoms with Gasteiger partial charge in [-0.3, -0.25) is 9.59 Å². The van der Waals surface area contributed by atoms with Gasteiger partial charge < -0.3 is 16.0 Å². The minimum absolute atomic E-state index is 0.0916. The summed E-state index contributed by atoms with van der Waals surface area (Å²) in [6.45, 7) is 2.69. The number of halogens is 1. The van der Waals surface area contributed by atoms with E-state index in [-0.39, 0.29) is 17.5 Å². The van der Waals surface area contributed by atoms with Crippen molar-refractivity contribution < 1.29 is 9.59 Å². The molecule has 0 unspecified atom stereocenters. The van der Waals surface area contributed by atoms with E-state index in [4.69, 9.17) is 11.6 Å². The molecule has 0 bridgehead atoms. The Morgan fingerprint density at radius 3 is 2.79 bits per heavy atom. The first kappa shape index (κ1) is 15.2. The number of amides is 2. The van der Waals surface area contributed by atoms with E-state index in [1.54, 1.807) is 6.07 Å². The van der Waals surface area contributed by atoms with E-state index in [0.717, 1.165) is 13.0 Å². The Morgan fingerprint density at radius 1 is 1.42 bits per heavy atom. The van der Waals surface area contributed by atoms with Crippen LogP contribution in [0.25, 0.3) is 0 Å². The Balaban J connectivity index is 2.74. The number of carbonyl (C=O) groups excluding carboxylic acids is 2. The highest BCUT2D eigenvalue weighted by molar-refractivity contribution is 6.33. The van der Waals surface area contributed by atoms with E-state index in [0.29, 0.717) is 11.4 Å². The number of likely N-dealkylation sites (N-methyl/N-ethyl adjacent to an activating group) is 1. The Labute approximate surface area is 116 Å². The number of nitrogens with one attached hydrogen (secondary N) is 3. The zero-order chi connectivity index (χ0) is 14.3. The van der Waals surface area contributed by atoms with Gasteiger partial charge in [-0.05, 0) is 12.5 Å². The van der Waals surface area contributed by atoms with Gasteiger partial charge in [0, 0.05) is 19.8 Å². The maximum absolute atomic E-state index is 11.9. The number of nitrogens with zero attached hydrogens (tertiary/aromatic N) is 1. The van der Waals surface area contributed by atoms with Crippen molar-refractivity contribution in [1.82, 2.24) is 15.6 Å². The van der Waals surface area contributed by atoms with Gasteiger partial charge in [-0.15, -0.1) is 0 Å². The van der Waals surface area contributed by atoms with Crippen LogP contribution in [0, 0.1) is 0 Å². The Hall–Kier alpha value is -1.82. The fraction of sp³-hybridized carbons (Fsp3) is 0.417. The van der Waals surface area contributed by atoms with E-state index in [1.807, 2.05) is 6.92 Å². The quantitative estimate of drug-likeness (QED) is 0.729. The van der Waals surface area contributed by atoms with Crippen molar-refractivity contribution in [3.63, 3.8) is 0 Å². The van der Waals surface area contributed by atoms with Crippen molar-refractivity contribution in [1.29, 1.82) is 0 Å². The molecule has 0 aliphatic heterocycles. The van der Waals surface area contributed by atoms with E-state index in [2.05, 4.69) is 20.9 Å². The van der Waals surface area contributed by atoms with Gasteiger partial charge in [0.25, 0.3) is 5.91 Å². The topological polar surface area (TPSA) is 83.1 Å². The number of pyridine rings is 1. The predicted molar refractivity (Wildman–Crippen MR) is 74.4 cm³/mol. The SMILES string of the molecule is CCCNc1cc(C(=O)NCC(=O)NC)c(Cl)cn1. The second-order valence-electron chi connectivity index (χ2n) is 3.83. The molecule has 6 nitrogen and oxygen atoms in total. The molecule has 0 aromatic carbocycles. The maximum atomic E-state index is 11.9. The third kappa shape index (κ3) is 4.75. The number of hydrogen-bond donors (Lipinski definition) is 3. The molecule has 0 saturated heterocycles. The molecule has 0 aliphatic rings. The summed E-state index contributed by atoms with van der Waals surface area (Å²) in [6.07, 6.45) is 2.36. The molecule has 2 amide bonds. The van der Waals surface area contributed by atoms with Gasteiger partial charge in [0.15, 0.2) is 0 Å². The van der Waals surface area contributed by atoms with E-state index >= 15 is 0 Å². The first-order valence-corrected chi connectivity index (χ1v) is 6.34. The van der Waals surface area contributed by atoms with Crippen molar-refractivity contribution in [2.75, 3.05) is 25.5 Å². The van der Waals surface area contributed by atoms with Gasteiger partial charge >= 0.3 is 0 Å². The average Bonchev–Trinajstić information content (AvgIpc) is 2.43. The highest BCUT2D eigenvalue weighted by Gasteiger charge is 2.12. The fourth-order valence-corrected chi connectivity index (χ4v) is 1.50. The molecule has 0 saturated carbocycles. The molecule has 104 valence electrons. The Bertz CT molecular complexity index is 465. The minimum atomic E-state index is -0.407. The van der Waals surface area contributed by atoms with Crippen LogP contribution in [-0.4, -0.2) is 36.9 Å². The maximum Gasteiger partial charge on any atom is 0.253 e. The van der Waals surface area contributed by atoms with Gasteiger partial charge in [-0.1, -0.05) is 18.5 Å². The highest BCUT2D eigenvalue weighted by Crippen LogP contribution is 2.17. The zero-order valence-electron chi connectivity index (χ0n) is 10.9. The fourth-order valence-electron chi connectivity index (χ4n) is 1.31. The monoisotopic (exact) mass is 284 g/mol. The van der Waals surface area contributed by atoms with Crippen LogP contribution in [0.4, 0.5) is 5.82 Å². The lowest BCUT2D eigenvalue weighted by Crippen LogP contribution is -2.35. The summed E-state index contributed by atoms with van der Waals surface area (Å²) in [4.78, 5) is 27.0. The van der Waals surface area contributed by atoms with Crippen LogP contribution < -0.4 is 16.0 Å². The molecule has 0 aliphatic carbocycles. The van der Waals surface area contributed by atoms with Gasteiger partial charge in [0.05, 0.1) is 17.1 Å². The van der Waals surface area contributed by atoms with Crippen LogP contribution in [0.3, 0.4) is 0 Å². The first-order chi connectivity index (χ1) is 9.08. The van der Waals surface area contributed by atoms with Crippen LogP contribution in [-0.2, 0) is 4.79 Å². The zero-order valence-corrected chi connectivity index (χ0v) is 11.7. The van der Waals surface area contributed by atoms with Gasteiger partial charge in [0.1, 0.15) is 5.82 Å². The molecule has 0 radical (unpaired) electrons.